The molecule has 2 aromatic rings. The molecule has 7 heteroatoms. The highest BCUT2D eigenvalue weighted by molar-refractivity contribution is 6.04. The maximum atomic E-state index is 13.7. The van der Waals surface area contributed by atoms with Gasteiger partial charge in [0.25, 0.3) is 5.91 Å². The molecule has 5 nitrogen and oxygen atoms in total. The maximum Gasteiger partial charge on any atom is 0.259 e. The summed E-state index contributed by atoms with van der Waals surface area (Å²) in [6.07, 6.45) is 1.54. The van der Waals surface area contributed by atoms with E-state index in [4.69, 9.17) is 0 Å². The number of anilines is 1. The number of amides is 1. The fraction of sp³-hybridized carbons (Fsp3) is 0.316. The Morgan fingerprint density at radius 1 is 1.15 bits per heavy atom. The van der Waals surface area contributed by atoms with Crippen LogP contribution in [0.5, 0.6) is 0 Å². The number of nitrogens with one attached hydrogen (secondary N) is 1. The molecule has 0 aliphatic carbocycles. The third kappa shape index (κ3) is 4.11. The van der Waals surface area contributed by atoms with Gasteiger partial charge in [0.15, 0.2) is 5.78 Å². The van der Waals surface area contributed by atoms with Crippen molar-refractivity contribution in [2.75, 3.05) is 25.5 Å². The molecule has 0 spiro atoms. The number of halogens is 2. The number of hydrogen-bond donors (Lipinski definition) is 1. The van der Waals surface area contributed by atoms with E-state index in [1.54, 1.807) is 12.1 Å². The van der Waals surface area contributed by atoms with E-state index < -0.39 is 17.5 Å². The van der Waals surface area contributed by atoms with Gasteiger partial charge < -0.3 is 10.2 Å². The number of aromatic nitrogens is 1. The van der Waals surface area contributed by atoms with Gasteiger partial charge in [-0.15, -0.1) is 0 Å². The minimum atomic E-state index is -0.957. The molecule has 3 rings (SSSR count). The van der Waals surface area contributed by atoms with Crippen LogP contribution in [0.4, 0.5) is 14.6 Å². The zero-order valence-corrected chi connectivity index (χ0v) is 14.3. The van der Waals surface area contributed by atoms with Gasteiger partial charge in [0, 0.05) is 12.0 Å². The quantitative estimate of drug-likeness (QED) is 0.852. The van der Waals surface area contributed by atoms with Crippen LogP contribution in [0.1, 0.15) is 33.7 Å². The Morgan fingerprint density at radius 2 is 1.88 bits per heavy atom. The van der Waals surface area contributed by atoms with Crippen LogP contribution in [0.15, 0.2) is 36.4 Å². The molecule has 0 radical (unpaired) electrons. The topological polar surface area (TPSA) is 62.3 Å². The van der Waals surface area contributed by atoms with Crippen LogP contribution >= 0.6 is 0 Å². The Balaban J connectivity index is 1.73. The van der Waals surface area contributed by atoms with Crippen LogP contribution in [0.3, 0.4) is 0 Å². The molecule has 1 amide bonds. The lowest BCUT2D eigenvalue weighted by Gasteiger charge is -2.27. The van der Waals surface area contributed by atoms with E-state index in [0.717, 1.165) is 38.1 Å². The summed E-state index contributed by atoms with van der Waals surface area (Å²) >= 11 is 0. The van der Waals surface area contributed by atoms with E-state index >= 15 is 0 Å². The highest BCUT2D eigenvalue weighted by Crippen LogP contribution is 2.21. The van der Waals surface area contributed by atoms with Crippen molar-refractivity contribution in [3.8, 4) is 0 Å². The largest absolute Gasteiger partial charge is 0.306 e. The van der Waals surface area contributed by atoms with Gasteiger partial charge in [0.2, 0.25) is 0 Å². The lowest BCUT2D eigenvalue weighted by molar-refractivity contribution is 0.0851. The summed E-state index contributed by atoms with van der Waals surface area (Å²) < 4.78 is 26.7. The van der Waals surface area contributed by atoms with Crippen molar-refractivity contribution in [1.29, 1.82) is 0 Å². The number of ketones is 1. The van der Waals surface area contributed by atoms with Crippen molar-refractivity contribution in [3.63, 3.8) is 0 Å². The minimum Gasteiger partial charge on any atom is -0.306 e. The first kappa shape index (κ1) is 18.1. The van der Waals surface area contributed by atoms with E-state index in [2.05, 4.69) is 15.2 Å². The summed E-state index contributed by atoms with van der Waals surface area (Å²) in [5, 5.41) is 2.45. The minimum absolute atomic E-state index is 0.0536. The number of hydrogen-bond acceptors (Lipinski definition) is 4. The van der Waals surface area contributed by atoms with Crippen LogP contribution < -0.4 is 5.32 Å². The van der Waals surface area contributed by atoms with E-state index in [9.17, 15) is 18.4 Å². The number of benzene rings is 1. The maximum absolute atomic E-state index is 13.7. The van der Waals surface area contributed by atoms with E-state index in [-0.39, 0.29) is 28.8 Å². The van der Waals surface area contributed by atoms with Gasteiger partial charge in [0.1, 0.15) is 23.1 Å². The number of Topliss-reactive ketones (excluding diaryl/α,β-unsaturated/α-hetero) is 1. The Bertz CT molecular complexity index is 833. The highest BCUT2D eigenvalue weighted by atomic mass is 19.1. The average molecular weight is 359 g/mol. The van der Waals surface area contributed by atoms with Crippen molar-refractivity contribution in [3.05, 3.63) is 59.3 Å². The molecule has 136 valence electrons. The van der Waals surface area contributed by atoms with Crippen molar-refractivity contribution < 1.29 is 18.4 Å². The molecular formula is C19H19F2N3O2. The van der Waals surface area contributed by atoms with Gasteiger partial charge in [-0.2, -0.15) is 0 Å². The molecule has 0 bridgehead atoms. The SMILES string of the molecule is CN1CCC(C(=O)c2cccc(NC(=O)c3ccc(F)cc3F)n2)CC1. The smallest absolute Gasteiger partial charge is 0.259 e. The summed E-state index contributed by atoms with van der Waals surface area (Å²) in [5.41, 5.74) is -0.0165. The first-order chi connectivity index (χ1) is 12.4. The first-order valence-electron chi connectivity index (χ1n) is 8.40. The molecule has 0 saturated carbocycles. The number of rotatable bonds is 4. The number of nitrogens with zero attached hydrogens (tertiary/aromatic N) is 2. The molecule has 1 aliphatic heterocycles. The zero-order valence-electron chi connectivity index (χ0n) is 14.3. The predicted molar refractivity (Wildman–Crippen MR) is 93.1 cm³/mol. The number of carbonyl (C=O) groups is 2. The van der Waals surface area contributed by atoms with Crippen molar-refractivity contribution >= 4 is 17.5 Å². The van der Waals surface area contributed by atoms with Gasteiger partial charge >= 0.3 is 0 Å². The van der Waals surface area contributed by atoms with Gasteiger partial charge in [-0.25, -0.2) is 13.8 Å². The van der Waals surface area contributed by atoms with Crippen LogP contribution in [0, 0.1) is 17.6 Å². The second-order valence-electron chi connectivity index (χ2n) is 6.43. The fourth-order valence-corrected chi connectivity index (χ4v) is 2.98. The highest BCUT2D eigenvalue weighted by Gasteiger charge is 2.25. The Hall–Kier alpha value is -2.67. The zero-order chi connectivity index (χ0) is 18.7. The number of piperidine rings is 1. The van der Waals surface area contributed by atoms with Gasteiger partial charge in [-0.3, -0.25) is 9.59 Å². The van der Waals surface area contributed by atoms with Crippen molar-refractivity contribution in [2.45, 2.75) is 12.8 Å². The molecule has 2 heterocycles. The van der Waals surface area contributed by atoms with Crippen LogP contribution in [0.2, 0.25) is 0 Å². The van der Waals surface area contributed by atoms with Crippen LogP contribution in [-0.2, 0) is 0 Å². The molecule has 1 N–H and O–H groups in total. The van der Waals surface area contributed by atoms with E-state index in [1.165, 1.54) is 6.07 Å². The lowest BCUT2D eigenvalue weighted by Crippen LogP contribution is -2.33. The van der Waals surface area contributed by atoms with E-state index in [1.807, 2.05) is 7.05 Å². The van der Waals surface area contributed by atoms with Gasteiger partial charge in [0.05, 0.1) is 5.56 Å². The molecule has 1 saturated heterocycles. The molecule has 1 aliphatic rings. The van der Waals surface area contributed by atoms with Crippen molar-refractivity contribution in [1.82, 2.24) is 9.88 Å². The summed E-state index contributed by atoms with van der Waals surface area (Å²) in [4.78, 5) is 31.1. The molecule has 1 aromatic heterocycles. The summed E-state index contributed by atoms with van der Waals surface area (Å²) in [5.74, 6) is -2.46. The summed E-state index contributed by atoms with van der Waals surface area (Å²) in [6, 6.07) is 7.45. The van der Waals surface area contributed by atoms with Gasteiger partial charge in [-0.1, -0.05) is 6.07 Å². The third-order valence-electron chi connectivity index (χ3n) is 4.51. The summed E-state index contributed by atoms with van der Waals surface area (Å²) in [6.45, 7) is 1.72. The molecule has 1 fully saturated rings. The molecule has 1 aromatic carbocycles. The second kappa shape index (κ2) is 7.70. The van der Waals surface area contributed by atoms with Crippen molar-refractivity contribution in [2.24, 2.45) is 5.92 Å². The monoisotopic (exact) mass is 359 g/mol. The molecule has 0 unspecified atom stereocenters. The number of likely N-dealkylation sites (tertiary alicyclic amines) is 1. The third-order valence-corrected chi connectivity index (χ3v) is 4.51. The normalized spacial score (nSPS) is 15.7. The molecule has 26 heavy (non-hydrogen) atoms. The Labute approximate surface area is 150 Å². The number of pyridine rings is 1. The van der Waals surface area contributed by atoms with Gasteiger partial charge in [-0.05, 0) is 57.2 Å². The second-order valence-corrected chi connectivity index (χ2v) is 6.43. The first-order valence-corrected chi connectivity index (χ1v) is 8.40. The predicted octanol–water partition coefficient (Wildman–Crippen LogP) is 3.14. The number of carbonyl (C=O) groups excluding carboxylic acids is 2. The molecular weight excluding hydrogens is 340 g/mol. The summed E-state index contributed by atoms with van der Waals surface area (Å²) in [7, 11) is 2.02. The van der Waals surface area contributed by atoms with Crippen LogP contribution in [0.25, 0.3) is 0 Å². The fourth-order valence-electron chi connectivity index (χ4n) is 2.98. The average Bonchev–Trinajstić information content (AvgIpc) is 2.62. The Kier molecular flexibility index (Phi) is 5.37. The Morgan fingerprint density at radius 3 is 2.58 bits per heavy atom. The standard InChI is InChI=1S/C19H19F2N3O2/c1-24-9-7-12(8-10-24)18(25)16-3-2-4-17(22-16)23-19(26)14-6-5-13(20)11-15(14)21/h2-6,11-12H,7-10H2,1H3,(H,22,23,26). The molecule has 0 atom stereocenters. The lowest BCUT2D eigenvalue weighted by atomic mass is 9.91. The van der Waals surface area contributed by atoms with E-state index in [0.29, 0.717) is 6.07 Å². The van der Waals surface area contributed by atoms with Crippen LogP contribution in [-0.4, -0.2) is 41.7 Å².